The predicted octanol–water partition coefficient (Wildman–Crippen LogP) is 3.77. The van der Waals surface area contributed by atoms with E-state index < -0.39 is 0 Å². The molecule has 3 rings (SSSR count). The Morgan fingerprint density at radius 2 is 2.00 bits per heavy atom. The Kier molecular flexibility index (Phi) is 4.96. The number of nitrogens with zero attached hydrogens (tertiary/aromatic N) is 3. The van der Waals surface area contributed by atoms with Crippen LogP contribution in [-0.2, 0) is 4.79 Å². The van der Waals surface area contributed by atoms with E-state index in [4.69, 9.17) is 10.00 Å². The van der Waals surface area contributed by atoms with Gasteiger partial charge in [0, 0.05) is 7.05 Å². The van der Waals surface area contributed by atoms with Gasteiger partial charge >= 0.3 is 0 Å². The van der Waals surface area contributed by atoms with Gasteiger partial charge in [0.25, 0.3) is 5.91 Å². The van der Waals surface area contributed by atoms with E-state index in [2.05, 4.69) is 4.98 Å². The Bertz CT molecular complexity index is 895. The Hall–Kier alpha value is -2.91. The average molecular weight is 351 g/mol. The molecule has 126 valence electrons. The number of nitriles is 1. The fourth-order valence-corrected chi connectivity index (χ4v) is 3.39. The molecule has 6 heteroatoms. The van der Waals surface area contributed by atoms with Gasteiger partial charge in [-0.2, -0.15) is 5.26 Å². The van der Waals surface area contributed by atoms with E-state index in [1.54, 1.807) is 47.5 Å². The van der Waals surface area contributed by atoms with Gasteiger partial charge in [-0.15, -0.1) is 11.3 Å². The van der Waals surface area contributed by atoms with Gasteiger partial charge in [0.1, 0.15) is 10.8 Å². The molecular weight excluding hydrogens is 334 g/mol. The van der Waals surface area contributed by atoms with E-state index in [-0.39, 0.29) is 18.6 Å². The van der Waals surface area contributed by atoms with Crippen molar-refractivity contribution in [3.05, 3.63) is 59.1 Å². The van der Waals surface area contributed by atoms with Crippen molar-refractivity contribution in [3.8, 4) is 11.8 Å². The van der Waals surface area contributed by atoms with Crippen LogP contribution < -0.4 is 4.74 Å². The quantitative estimate of drug-likeness (QED) is 0.702. The van der Waals surface area contributed by atoms with Gasteiger partial charge in [0.2, 0.25) is 0 Å². The van der Waals surface area contributed by atoms with E-state index in [0.717, 1.165) is 15.2 Å². The summed E-state index contributed by atoms with van der Waals surface area (Å²) in [5, 5.41) is 9.68. The summed E-state index contributed by atoms with van der Waals surface area (Å²) in [6.07, 6.45) is 0. The van der Waals surface area contributed by atoms with E-state index in [1.165, 1.54) is 0 Å². The molecule has 3 aromatic rings. The Balaban J connectivity index is 1.63. The second kappa shape index (κ2) is 7.32. The van der Waals surface area contributed by atoms with Crippen LogP contribution >= 0.6 is 11.3 Å². The standard InChI is InChI=1S/C19H17N3O2S/c1-13(19-21-16-5-3-4-6-17(16)25-19)22(2)18(23)12-24-15-9-7-14(11-20)8-10-15/h3-10,13H,12H2,1-2H3/t13-/m1/s1. The van der Waals surface area contributed by atoms with Crippen LogP contribution in [0.15, 0.2) is 48.5 Å². The number of fused-ring (bicyclic) bond motifs is 1. The van der Waals surface area contributed by atoms with Crippen LogP contribution in [0.25, 0.3) is 10.2 Å². The van der Waals surface area contributed by atoms with Crippen LogP contribution in [0.2, 0.25) is 0 Å². The SMILES string of the molecule is C[C@H](c1nc2ccccc2s1)N(C)C(=O)COc1ccc(C#N)cc1. The number of aromatic nitrogens is 1. The molecule has 1 aromatic heterocycles. The number of hydrogen-bond acceptors (Lipinski definition) is 5. The molecule has 0 unspecified atom stereocenters. The molecule has 0 saturated heterocycles. The summed E-state index contributed by atoms with van der Waals surface area (Å²) in [5.74, 6) is 0.435. The lowest BCUT2D eigenvalue weighted by Gasteiger charge is -2.23. The van der Waals surface area contributed by atoms with Crippen LogP contribution in [0.1, 0.15) is 23.5 Å². The second-order valence-corrected chi connectivity index (χ2v) is 6.69. The van der Waals surface area contributed by atoms with E-state index in [9.17, 15) is 4.79 Å². The lowest BCUT2D eigenvalue weighted by atomic mass is 10.2. The number of ether oxygens (including phenoxy) is 1. The first-order valence-electron chi connectivity index (χ1n) is 7.82. The lowest BCUT2D eigenvalue weighted by molar-refractivity contribution is -0.134. The number of carbonyl (C=O) groups is 1. The highest BCUT2D eigenvalue weighted by Crippen LogP contribution is 2.28. The highest BCUT2D eigenvalue weighted by Gasteiger charge is 2.21. The Morgan fingerprint density at radius 3 is 2.68 bits per heavy atom. The summed E-state index contributed by atoms with van der Waals surface area (Å²) < 4.78 is 6.63. The van der Waals surface area contributed by atoms with Crippen LogP contribution in [-0.4, -0.2) is 29.4 Å². The van der Waals surface area contributed by atoms with Crippen LogP contribution in [0.4, 0.5) is 0 Å². The van der Waals surface area contributed by atoms with E-state index in [0.29, 0.717) is 11.3 Å². The number of amides is 1. The van der Waals surface area contributed by atoms with Crippen molar-refractivity contribution in [2.75, 3.05) is 13.7 Å². The minimum Gasteiger partial charge on any atom is -0.484 e. The molecule has 1 atom stereocenters. The van der Waals surface area contributed by atoms with Gasteiger partial charge in [-0.25, -0.2) is 4.98 Å². The normalized spacial score (nSPS) is 11.7. The predicted molar refractivity (Wildman–Crippen MR) is 97.5 cm³/mol. The summed E-state index contributed by atoms with van der Waals surface area (Å²) in [5.41, 5.74) is 1.50. The first kappa shape index (κ1) is 16.9. The molecule has 0 aliphatic heterocycles. The zero-order chi connectivity index (χ0) is 17.8. The number of carbonyl (C=O) groups excluding carboxylic acids is 1. The fraction of sp³-hybridized carbons (Fsp3) is 0.211. The fourth-order valence-electron chi connectivity index (χ4n) is 2.32. The maximum Gasteiger partial charge on any atom is 0.260 e. The topological polar surface area (TPSA) is 66.2 Å². The Labute approximate surface area is 150 Å². The zero-order valence-corrected chi connectivity index (χ0v) is 14.8. The van der Waals surface area contributed by atoms with Crippen molar-refractivity contribution in [2.45, 2.75) is 13.0 Å². The van der Waals surface area contributed by atoms with Gasteiger partial charge in [0.15, 0.2) is 6.61 Å². The van der Waals surface area contributed by atoms with Crippen molar-refractivity contribution in [1.29, 1.82) is 5.26 Å². The molecule has 0 aliphatic carbocycles. The zero-order valence-electron chi connectivity index (χ0n) is 14.0. The van der Waals surface area contributed by atoms with Gasteiger partial charge in [-0.3, -0.25) is 4.79 Å². The molecule has 25 heavy (non-hydrogen) atoms. The molecule has 2 aromatic carbocycles. The van der Waals surface area contributed by atoms with Crippen molar-refractivity contribution in [2.24, 2.45) is 0 Å². The van der Waals surface area contributed by atoms with Crippen LogP contribution in [0.5, 0.6) is 5.75 Å². The van der Waals surface area contributed by atoms with Gasteiger partial charge < -0.3 is 9.64 Å². The third kappa shape index (κ3) is 3.78. The number of rotatable bonds is 5. The second-order valence-electron chi connectivity index (χ2n) is 5.63. The highest BCUT2D eigenvalue weighted by atomic mass is 32.1. The molecule has 0 fully saturated rings. The van der Waals surface area contributed by atoms with Crippen LogP contribution in [0.3, 0.4) is 0 Å². The van der Waals surface area contributed by atoms with Gasteiger partial charge in [0.05, 0.1) is 27.9 Å². The molecule has 0 spiro atoms. The number of thiazole rings is 1. The number of likely N-dealkylation sites (N-methyl/N-ethyl adjacent to an activating group) is 1. The third-order valence-electron chi connectivity index (χ3n) is 3.99. The lowest BCUT2D eigenvalue weighted by Crippen LogP contribution is -2.33. The molecule has 0 aliphatic rings. The number of para-hydroxylation sites is 1. The van der Waals surface area contributed by atoms with Crippen molar-refractivity contribution < 1.29 is 9.53 Å². The van der Waals surface area contributed by atoms with Crippen molar-refractivity contribution >= 4 is 27.5 Å². The van der Waals surface area contributed by atoms with Crippen molar-refractivity contribution in [3.63, 3.8) is 0 Å². The van der Waals surface area contributed by atoms with E-state index in [1.807, 2.05) is 37.3 Å². The molecule has 0 N–H and O–H groups in total. The number of benzene rings is 2. The molecule has 0 saturated carbocycles. The van der Waals surface area contributed by atoms with Gasteiger partial charge in [-0.05, 0) is 43.3 Å². The molecular formula is C19H17N3O2S. The minimum absolute atomic E-state index is 0.0579. The summed E-state index contributed by atoms with van der Waals surface area (Å²) >= 11 is 1.59. The van der Waals surface area contributed by atoms with Crippen molar-refractivity contribution in [1.82, 2.24) is 9.88 Å². The summed E-state index contributed by atoms with van der Waals surface area (Å²) in [6.45, 7) is 1.90. The maximum absolute atomic E-state index is 12.4. The summed E-state index contributed by atoms with van der Waals surface area (Å²) in [6, 6.07) is 16.5. The average Bonchev–Trinajstić information content (AvgIpc) is 3.09. The third-order valence-corrected chi connectivity index (χ3v) is 5.19. The first-order valence-corrected chi connectivity index (χ1v) is 8.64. The molecule has 1 heterocycles. The highest BCUT2D eigenvalue weighted by molar-refractivity contribution is 7.18. The van der Waals surface area contributed by atoms with Crippen LogP contribution in [0, 0.1) is 11.3 Å². The van der Waals surface area contributed by atoms with Gasteiger partial charge in [-0.1, -0.05) is 12.1 Å². The molecule has 5 nitrogen and oxygen atoms in total. The maximum atomic E-state index is 12.4. The molecule has 0 radical (unpaired) electrons. The minimum atomic E-state index is -0.130. The first-order chi connectivity index (χ1) is 12.1. The largest absolute Gasteiger partial charge is 0.484 e. The molecule has 1 amide bonds. The summed E-state index contributed by atoms with van der Waals surface area (Å²) in [4.78, 5) is 18.6. The van der Waals surface area contributed by atoms with E-state index >= 15 is 0 Å². The number of hydrogen-bond donors (Lipinski definition) is 0. The summed E-state index contributed by atoms with van der Waals surface area (Å²) in [7, 11) is 1.75. The smallest absolute Gasteiger partial charge is 0.260 e. The molecule has 0 bridgehead atoms. The Morgan fingerprint density at radius 1 is 1.28 bits per heavy atom. The monoisotopic (exact) mass is 351 g/mol.